The molecule has 1 atom stereocenters. The highest BCUT2D eigenvalue weighted by molar-refractivity contribution is 6.30. The molecule has 21 heavy (non-hydrogen) atoms. The van der Waals surface area contributed by atoms with Crippen LogP contribution in [0.5, 0.6) is 0 Å². The number of likely N-dealkylation sites (tertiary alicyclic amines) is 1. The van der Waals surface area contributed by atoms with Crippen molar-refractivity contribution in [2.24, 2.45) is 5.92 Å². The van der Waals surface area contributed by atoms with Gasteiger partial charge in [0.2, 0.25) is 11.8 Å². The molecule has 1 fully saturated rings. The van der Waals surface area contributed by atoms with E-state index in [1.165, 1.54) is 11.2 Å². The van der Waals surface area contributed by atoms with Crippen molar-refractivity contribution >= 4 is 23.4 Å². The molecule has 108 valence electrons. The van der Waals surface area contributed by atoms with Crippen molar-refractivity contribution in [3.8, 4) is 0 Å². The number of nitrogens with zero attached hydrogens (tertiary/aromatic N) is 1. The van der Waals surface area contributed by atoms with Crippen molar-refractivity contribution in [2.75, 3.05) is 0 Å². The van der Waals surface area contributed by atoms with Gasteiger partial charge in [0, 0.05) is 11.4 Å². The third-order valence-electron chi connectivity index (χ3n) is 3.63. The van der Waals surface area contributed by atoms with Crippen molar-refractivity contribution in [3.63, 3.8) is 0 Å². The van der Waals surface area contributed by atoms with Crippen LogP contribution in [-0.2, 0) is 22.6 Å². The normalized spacial score (nSPS) is 18.5. The van der Waals surface area contributed by atoms with Crippen molar-refractivity contribution in [3.05, 3.63) is 59.0 Å². The first kappa shape index (κ1) is 13.9. The molecular weight excluding hydrogens is 290 g/mol. The van der Waals surface area contributed by atoms with Gasteiger partial charge in [-0.05, 0) is 36.2 Å². The monoisotopic (exact) mass is 303 g/mol. The molecule has 1 saturated heterocycles. The summed E-state index contributed by atoms with van der Waals surface area (Å²) in [7, 11) is 0. The van der Waals surface area contributed by atoms with E-state index in [9.17, 15) is 9.59 Å². The summed E-state index contributed by atoms with van der Waals surface area (Å²) in [5.41, 5.74) is 1.00. The van der Waals surface area contributed by atoms with Crippen molar-refractivity contribution in [1.82, 2.24) is 4.90 Å². The molecule has 4 nitrogen and oxygen atoms in total. The topological polar surface area (TPSA) is 50.5 Å². The lowest BCUT2D eigenvalue weighted by molar-refractivity contribution is -0.140. The number of hydrogen-bond donors (Lipinski definition) is 0. The third kappa shape index (κ3) is 3.00. The Morgan fingerprint density at radius 1 is 1.19 bits per heavy atom. The molecule has 0 aliphatic carbocycles. The van der Waals surface area contributed by atoms with E-state index in [0.29, 0.717) is 17.2 Å². The Labute approximate surface area is 127 Å². The van der Waals surface area contributed by atoms with Crippen LogP contribution in [0.2, 0.25) is 5.02 Å². The van der Waals surface area contributed by atoms with E-state index in [1.54, 1.807) is 24.3 Å². The van der Waals surface area contributed by atoms with E-state index >= 15 is 0 Å². The van der Waals surface area contributed by atoms with E-state index in [0.717, 1.165) is 5.56 Å². The smallest absolute Gasteiger partial charge is 0.233 e. The van der Waals surface area contributed by atoms with E-state index in [-0.39, 0.29) is 30.7 Å². The fourth-order valence-electron chi connectivity index (χ4n) is 2.54. The number of carbonyl (C=O) groups is 2. The van der Waals surface area contributed by atoms with Crippen LogP contribution in [0.15, 0.2) is 47.1 Å². The molecule has 2 amide bonds. The average Bonchev–Trinajstić information content (AvgIpc) is 3.06. The molecule has 1 aliphatic heterocycles. The van der Waals surface area contributed by atoms with Crippen LogP contribution in [0.1, 0.15) is 17.7 Å². The minimum absolute atomic E-state index is 0.133. The molecule has 0 spiro atoms. The highest BCUT2D eigenvalue weighted by Gasteiger charge is 2.38. The highest BCUT2D eigenvalue weighted by Crippen LogP contribution is 2.25. The van der Waals surface area contributed by atoms with Crippen molar-refractivity contribution in [2.45, 2.75) is 19.4 Å². The van der Waals surface area contributed by atoms with Crippen LogP contribution >= 0.6 is 11.6 Å². The van der Waals surface area contributed by atoms with E-state index in [2.05, 4.69) is 0 Å². The van der Waals surface area contributed by atoms with Crippen LogP contribution in [0.4, 0.5) is 0 Å². The zero-order chi connectivity index (χ0) is 14.8. The maximum Gasteiger partial charge on any atom is 0.233 e. The van der Waals surface area contributed by atoms with Gasteiger partial charge in [0.1, 0.15) is 5.76 Å². The van der Waals surface area contributed by atoms with E-state index < -0.39 is 0 Å². The third-order valence-corrected chi connectivity index (χ3v) is 3.88. The van der Waals surface area contributed by atoms with Gasteiger partial charge in [-0.15, -0.1) is 0 Å². The largest absolute Gasteiger partial charge is 0.467 e. The molecule has 0 radical (unpaired) electrons. The maximum atomic E-state index is 12.4. The van der Waals surface area contributed by atoms with Gasteiger partial charge in [-0.25, -0.2) is 0 Å². The summed E-state index contributed by atoms with van der Waals surface area (Å²) in [6.07, 6.45) is 2.34. The number of hydrogen-bond acceptors (Lipinski definition) is 3. The summed E-state index contributed by atoms with van der Waals surface area (Å²) >= 11 is 5.84. The lowest BCUT2D eigenvalue weighted by Gasteiger charge is -2.13. The SMILES string of the molecule is O=C1C[C@@H](Cc2ccc(Cl)cc2)C(=O)N1Cc1ccco1. The maximum absolute atomic E-state index is 12.4. The standard InChI is InChI=1S/C16H14ClNO3/c17-13-5-3-11(4-6-13)8-12-9-15(19)18(16(12)20)10-14-2-1-7-21-14/h1-7,12H,8-10H2/t12-/m1/s1. The second kappa shape index (κ2) is 5.74. The molecule has 0 saturated carbocycles. The Morgan fingerprint density at radius 2 is 1.95 bits per heavy atom. The summed E-state index contributed by atoms with van der Waals surface area (Å²) in [5, 5.41) is 0.659. The molecular formula is C16H14ClNO3. The Kier molecular flexibility index (Phi) is 3.80. The van der Waals surface area contributed by atoms with Crippen LogP contribution < -0.4 is 0 Å². The lowest BCUT2D eigenvalue weighted by atomic mass is 9.98. The summed E-state index contributed by atoms with van der Waals surface area (Å²) in [5.74, 6) is 0.0409. The van der Waals surface area contributed by atoms with Gasteiger partial charge < -0.3 is 4.42 Å². The molecule has 1 aliphatic rings. The van der Waals surface area contributed by atoms with E-state index in [4.69, 9.17) is 16.0 Å². The summed E-state index contributed by atoms with van der Waals surface area (Å²) < 4.78 is 5.20. The summed E-state index contributed by atoms with van der Waals surface area (Å²) in [4.78, 5) is 25.6. The summed E-state index contributed by atoms with van der Waals surface area (Å²) in [6.45, 7) is 0.210. The molecule has 1 aromatic heterocycles. The molecule has 1 aromatic carbocycles. The van der Waals surface area contributed by atoms with Gasteiger partial charge >= 0.3 is 0 Å². The van der Waals surface area contributed by atoms with Gasteiger partial charge in [0.25, 0.3) is 0 Å². The number of rotatable bonds is 4. The first-order valence-electron chi connectivity index (χ1n) is 6.74. The highest BCUT2D eigenvalue weighted by atomic mass is 35.5. The molecule has 5 heteroatoms. The molecule has 0 bridgehead atoms. The zero-order valence-corrected chi connectivity index (χ0v) is 12.0. The first-order chi connectivity index (χ1) is 10.1. The second-order valence-electron chi connectivity index (χ2n) is 5.13. The van der Waals surface area contributed by atoms with Crippen LogP contribution in [-0.4, -0.2) is 16.7 Å². The number of imide groups is 1. The minimum atomic E-state index is -0.298. The number of benzene rings is 1. The predicted molar refractivity (Wildman–Crippen MR) is 77.5 cm³/mol. The number of amides is 2. The Balaban J connectivity index is 1.69. The molecule has 3 rings (SSSR count). The van der Waals surface area contributed by atoms with Gasteiger partial charge in [-0.3, -0.25) is 14.5 Å². The molecule has 2 heterocycles. The van der Waals surface area contributed by atoms with Crippen molar-refractivity contribution < 1.29 is 14.0 Å². The second-order valence-corrected chi connectivity index (χ2v) is 5.57. The number of carbonyl (C=O) groups excluding carboxylic acids is 2. The first-order valence-corrected chi connectivity index (χ1v) is 7.12. The molecule has 0 unspecified atom stereocenters. The lowest BCUT2D eigenvalue weighted by Crippen LogP contribution is -2.30. The zero-order valence-electron chi connectivity index (χ0n) is 11.3. The van der Waals surface area contributed by atoms with Crippen LogP contribution in [0.25, 0.3) is 0 Å². The number of halogens is 1. The van der Waals surface area contributed by atoms with Gasteiger partial charge in [0.15, 0.2) is 0 Å². The van der Waals surface area contributed by atoms with Crippen LogP contribution in [0, 0.1) is 5.92 Å². The number of furan rings is 1. The van der Waals surface area contributed by atoms with Gasteiger partial charge in [0.05, 0.1) is 18.7 Å². The van der Waals surface area contributed by atoms with Crippen LogP contribution in [0.3, 0.4) is 0 Å². The van der Waals surface area contributed by atoms with Gasteiger partial charge in [-0.1, -0.05) is 23.7 Å². The van der Waals surface area contributed by atoms with Crippen molar-refractivity contribution in [1.29, 1.82) is 0 Å². The minimum Gasteiger partial charge on any atom is -0.467 e. The summed E-state index contributed by atoms with van der Waals surface area (Å²) in [6, 6.07) is 10.8. The average molecular weight is 304 g/mol. The predicted octanol–water partition coefficient (Wildman–Crippen LogP) is 3.05. The van der Waals surface area contributed by atoms with Gasteiger partial charge in [-0.2, -0.15) is 0 Å². The Hall–Kier alpha value is -2.07. The molecule has 2 aromatic rings. The molecule has 0 N–H and O–H groups in total. The fourth-order valence-corrected chi connectivity index (χ4v) is 2.67. The quantitative estimate of drug-likeness (QED) is 0.816. The Bertz CT molecular complexity index is 649. The Morgan fingerprint density at radius 3 is 2.62 bits per heavy atom. The fraction of sp³-hybridized carbons (Fsp3) is 0.250. The van der Waals surface area contributed by atoms with E-state index in [1.807, 2.05) is 12.1 Å².